The average molecular weight is 436 g/mol. The summed E-state index contributed by atoms with van der Waals surface area (Å²) in [6.45, 7) is 5.28. The van der Waals surface area contributed by atoms with E-state index in [1.807, 2.05) is 26.2 Å². The lowest BCUT2D eigenvalue weighted by atomic mass is 9.97. The zero-order valence-electron chi connectivity index (χ0n) is 17.6. The maximum absolute atomic E-state index is 13.2. The van der Waals surface area contributed by atoms with Gasteiger partial charge in [-0.05, 0) is 62.1 Å². The fraction of sp³-hybridized carbons (Fsp3) is 0.304. The molecule has 1 fully saturated rings. The minimum atomic E-state index is -3.58. The molecule has 4 aromatic rings. The van der Waals surface area contributed by atoms with Crippen molar-refractivity contribution in [1.82, 2.24) is 24.1 Å². The standard InChI is InChI=1S/C23H25N5O2S/c1-23(2)11-17(16-28(23)31(29,30)21-4-3-8-24-14-21)15-27-9-7-19-10-18(5-6-22(19)27)20-12-25-26-13-20/h3-10,12-14,17H,11,15-16H2,1-2H3,(H,25,26). The van der Waals surface area contributed by atoms with E-state index in [2.05, 4.69) is 50.2 Å². The molecular formula is C23H25N5O2S. The van der Waals surface area contributed by atoms with Gasteiger partial charge in [0.05, 0.1) is 6.20 Å². The molecule has 0 aliphatic carbocycles. The maximum atomic E-state index is 13.2. The van der Waals surface area contributed by atoms with Crippen LogP contribution in [0.4, 0.5) is 0 Å². The molecule has 3 aromatic heterocycles. The molecule has 0 saturated carbocycles. The number of sulfonamides is 1. The van der Waals surface area contributed by atoms with Crippen molar-refractivity contribution in [2.45, 2.75) is 37.2 Å². The van der Waals surface area contributed by atoms with Crippen LogP contribution in [0.2, 0.25) is 0 Å². The zero-order chi connectivity index (χ0) is 21.6. The molecule has 160 valence electrons. The van der Waals surface area contributed by atoms with E-state index in [0.29, 0.717) is 6.54 Å². The fourth-order valence-corrected chi connectivity index (χ4v) is 6.58. The lowest BCUT2D eigenvalue weighted by Gasteiger charge is -2.30. The van der Waals surface area contributed by atoms with Gasteiger partial charge in [0.25, 0.3) is 0 Å². The molecule has 1 saturated heterocycles. The van der Waals surface area contributed by atoms with Crippen molar-refractivity contribution >= 4 is 20.9 Å². The summed E-state index contributed by atoms with van der Waals surface area (Å²) < 4.78 is 30.3. The number of rotatable bonds is 5. The summed E-state index contributed by atoms with van der Waals surface area (Å²) in [6.07, 6.45) is 9.61. The van der Waals surface area contributed by atoms with Crippen LogP contribution in [0.25, 0.3) is 22.0 Å². The molecule has 31 heavy (non-hydrogen) atoms. The number of nitrogens with zero attached hydrogens (tertiary/aromatic N) is 4. The quantitative estimate of drug-likeness (QED) is 0.515. The van der Waals surface area contributed by atoms with Crippen LogP contribution in [-0.2, 0) is 16.6 Å². The Morgan fingerprint density at radius 2 is 2.03 bits per heavy atom. The number of pyridine rings is 1. The summed E-state index contributed by atoms with van der Waals surface area (Å²) in [5, 5.41) is 8.04. The topological polar surface area (TPSA) is 83.9 Å². The third-order valence-electron chi connectivity index (χ3n) is 6.17. The normalized spacial score (nSPS) is 19.2. The Balaban J connectivity index is 1.39. The van der Waals surface area contributed by atoms with Crippen molar-refractivity contribution < 1.29 is 8.42 Å². The molecule has 0 amide bonds. The Morgan fingerprint density at radius 3 is 2.77 bits per heavy atom. The van der Waals surface area contributed by atoms with Gasteiger partial charge in [-0.25, -0.2) is 8.42 Å². The van der Waals surface area contributed by atoms with Gasteiger partial charge in [0.15, 0.2) is 0 Å². The monoisotopic (exact) mass is 435 g/mol. The second kappa shape index (κ2) is 7.32. The number of H-pyrrole nitrogens is 1. The van der Waals surface area contributed by atoms with Crippen molar-refractivity contribution in [2.24, 2.45) is 5.92 Å². The first kappa shape index (κ1) is 20.0. The Labute approximate surface area is 181 Å². The van der Waals surface area contributed by atoms with E-state index < -0.39 is 15.6 Å². The molecule has 1 atom stereocenters. The van der Waals surface area contributed by atoms with Crippen LogP contribution in [0.1, 0.15) is 20.3 Å². The second-order valence-electron chi connectivity index (χ2n) is 8.84. The van der Waals surface area contributed by atoms with Crippen LogP contribution in [0.5, 0.6) is 0 Å². The molecule has 1 aromatic carbocycles. The summed E-state index contributed by atoms with van der Waals surface area (Å²) in [5.74, 6) is 0.227. The van der Waals surface area contributed by atoms with Crippen molar-refractivity contribution in [1.29, 1.82) is 0 Å². The number of benzene rings is 1. The SMILES string of the molecule is CC1(C)CC(Cn2ccc3cc(-c4cn[nH]c4)ccc32)CN1S(=O)(=O)c1cccnc1. The second-order valence-corrected chi connectivity index (χ2v) is 10.7. The summed E-state index contributed by atoms with van der Waals surface area (Å²) in [5.41, 5.74) is 2.88. The maximum Gasteiger partial charge on any atom is 0.245 e. The van der Waals surface area contributed by atoms with E-state index in [1.54, 1.807) is 22.6 Å². The molecule has 0 bridgehead atoms. The van der Waals surface area contributed by atoms with Gasteiger partial charge in [-0.15, -0.1) is 0 Å². The minimum absolute atomic E-state index is 0.227. The highest BCUT2D eigenvalue weighted by atomic mass is 32.2. The molecule has 0 radical (unpaired) electrons. The van der Waals surface area contributed by atoms with E-state index in [0.717, 1.165) is 35.0 Å². The number of hydrogen-bond donors (Lipinski definition) is 1. The highest BCUT2D eigenvalue weighted by molar-refractivity contribution is 7.89. The summed E-state index contributed by atoms with van der Waals surface area (Å²) >= 11 is 0. The zero-order valence-corrected chi connectivity index (χ0v) is 18.4. The number of fused-ring (bicyclic) bond motifs is 1. The minimum Gasteiger partial charge on any atom is -0.347 e. The van der Waals surface area contributed by atoms with Crippen LogP contribution < -0.4 is 0 Å². The van der Waals surface area contributed by atoms with Crippen LogP contribution in [0.15, 0.2) is 72.3 Å². The lowest BCUT2D eigenvalue weighted by molar-refractivity contribution is 0.291. The molecule has 7 nitrogen and oxygen atoms in total. The summed E-state index contributed by atoms with van der Waals surface area (Å²) in [7, 11) is -3.58. The van der Waals surface area contributed by atoms with Crippen LogP contribution in [-0.4, -0.2) is 44.6 Å². The molecule has 1 aliphatic heterocycles. The van der Waals surface area contributed by atoms with Crippen molar-refractivity contribution in [3.63, 3.8) is 0 Å². The van der Waals surface area contributed by atoms with Gasteiger partial charge in [-0.1, -0.05) is 6.07 Å². The predicted molar refractivity (Wildman–Crippen MR) is 120 cm³/mol. The molecule has 0 spiro atoms. The molecule has 1 unspecified atom stereocenters. The molecular weight excluding hydrogens is 410 g/mol. The Morgan fingerprint density at radius 1 is 1.16 bits per heavy atom. The number of hydrogen-bond acceptors (Lipinski definition) is 4. The highest BCUT2D eigenvalue weighted by Gasteiger charge is 2.45. The Bertz CT molecular complexity index is 1310. The third kappa shape index (κ3) is 3.55. The van der Waals surface area contributed by atoms with Crippen molar-refractivity contribution in [3.8, 4) is 11.1 Å². The molecule has 5 rings (SSSR count). The lowest BCUT2D eigenvalue weighted by Crippen LogP contribution is -2.42. The van der Waals surface area contributed by atoms with Gasteiger partial charge < -0.3 is 4.57 Å². The number of aromatic nitrogens is 4. The molecule has 8 heteroatoms. The predicted octanol–water partition coefficient (Wildman–Crippen LogP) is 3.92. The highest BCUT2D eigenvalue weighted by Crippen LogP contribution is 2.38. The van der Waals surface area contributed by atoms with Gasteiger partial charge in [0.2, 0.25) is 10.0 Å². The van der Waals surface area contributed by atoms with Gasteiger partial charge in [-0.3, -0.25) is 10.1 Å². The number of aromatic amines is 1. The first-order valence-electron chi connectivity index (χ1n) is 10.4. The molecule has 1 N–H and O–H groups in total. The summed E-state index contributed by atoms with van der Waals surface area (Å²) in [4.78, 5) is 4.25. The molecule has 1 aliphatic rings. The first-order chi connectivity index (χ1) is 14.8. The smallest absolute Gasteiger partial charge is 0.245 e. The van der Waals surface area contributed by atoms with Gasteiger partial charge in [0.1, 0.15) is 4.90 Å². The van der Waals surface area contributed by atoms with Crippen molar-refractivity contribution in [3.05, 3.63) is 67.4 Å². The van der Waals surface area contributed by atoms with Crippen LogP contribution >= 0.6 is 0 Å². The summed E-state index contributed by atoms with van der Waals surface area (Å²) in [6, 6.07) is 11.8. The van der Waals surface area contributed by atoms with Gasteiger partial charge in [-0.2, -0.15) is 9.40 Å². The Hall–Kier alpha value is -2.97. The van der Waals surface area contributed by atoms with Gasteiger partial charge in [0, 0.05) is 59.9 Å². The first-order valence-corrected chi connectivity index (χ1v) is 11.8. The third-order valence-corrected chi connectivity index (χ3v) is 8.23. The fourth-order valence-electron chi connectivity index (χ4n) is 4.75. The average Bonchev–Trinajstić information content (AvgIpc) is 3.48. The van der Waals surface area contributed by atoms with E-state index in [4.69, 9.17) is 0 Å². The van der Waals surface area contributed by atoms with E-state index in [1.165, 1.54) is 6.20 Å². The largest absolute Gasteiger partial charge is 0.347 e. The Kier molecular flexibility index (Phi) is 4.71. The van der Waals surface area contributed by atoms with Crippen LogP contribution in [0, 0.1) is 5.92 Å². The van der Waals surface area contributed by atoms with E-state index >= 15 is 0 Å². The number of nitrogens with one attached hydrogen (secondary N) is 1. The molecule has 4 heterocycles. The van der Waals surface area contributed by atoms with Crippen LogP contribution in [0.3, 0.4) is 0 Å². The van der Waals surface area contributed by atoms with Gasteiger partial charge >= 0.3 is 0 Å². The van der Waals surface area contributed by atoms with E-state index in [-0.39, 0.29) is 10.8 Å². The van der Waals surface area contributed by atoms with E-state index in [9.17, 15) is 8.42 Å². The van der Waals surface area contributed by atoms with Crippen molar-refractivity contribution in [2.75, 3.05) is 6.54 Å².